The SMILES string of the molecule is O=c1c(Br)cc([N+](=O)[O-])cn1Cc1ccnc(Cl)n1. The Morgan fingerprint density at radius 3 is 2.89 bits per heavy atom. The van der Waals surface area contributed by atoms with E-state index in [1.807, 2.05) is 0 Å². The number of pyridine rings is 1. The molecule has 0 atom stereocenters. The second-order valence-corrected chi connectivity index (χ2v) is 4.75. The maximum atomic E-state index is 11.8. The van der Waals surface area contributed by atoms with Crippen LogP contribution in [0.15, 0.2) is 33.8 Å². The summed E-state index contributed by atoms with van der Waals surface area (Å²) in [6, 6.07) is 2.73. The molecule has 2 rings (SSSR count). The highest BCUT2D eigenvalue weighted by Crippen LogP contribution is 2.15. The topological polar surface area (TPSA) is 90.9 Å². The van der Waals surface area contributed by atoms with Crippen molar-refractivity contribution in [3.63, 3.8) is 0 Å². The third kappa shape index (κ3) is 3.15. The molecule has 9 heteroatoms. The van der Waals surface area contributed by atoms with E-state index in [1.54, 1.807) is 6.07 Å². The number of halogens is 2. The highest BCUT2D eigenvalue weighted by Gasteiger charge is 2.12. The summed E-state index contributed by atoms with van der Waals surface area (Å²) >= 11 is 8.63. The molecule has 0 bridgehead atoms. The minimum absolute atomic E-state index is 0.0510. The molecule has 0 saturated heterocycles. The molecular formula is C10H6BrClN4O3. The number of hydrogen-bond acceptors (Lipinski definition) is 5. The summed E-state index contributed by atoms with van der Waals surface area (Å²) in [5.41, 5.74) is -0.0959. The summed E-state index contributed by atoms with van der Waals surface area (Å²) in [6.45, 7) is 0.0708. The van der Waals surface area contributed by atoms with E-state index in [4.69, 9.17) is 11.6 Å². The second-order valence-electron chi connectivity index (χ2n) is 3.55. The first-order chi connectivity index (χ1) is 8.97. The van der Waals surface area contributed by atoms with Crippen molar-refractivity contribution in [2.45, 2.75) is 6.54 Å². The number of rotatable bonds is 3. The average Bonchev–Trinajstić information content (AvgIpc) is 2.34. The van der Waals surface area contributed by atoms with Crippen molar-refractivity contribution >= 4 is 33.2 Å². The Bertz CT molecular complexity index is 703. The van der Waals surface area contributed by atoms with Crippen molar-refractivity contribution in [1.29, 1.82) is 0 Å². The van der Waals surface area contributed by atoms with E-state index in [0.29, 0.717) is 5.69 Å². The lowest BCUT2D eigenvalue weighted by molar-refractivity contribution is -0.385. The highest BCUT2D eigenvalue weighted by atomic mass is 79.9. The summed E-state index contributed by atoms with van der Waals surface area (Å²) in [6.07, 6.45) is 2.60. The molecule has 98 valence electrons. The summed E-state index contributed by atoms with van der Waals surface area (Å²) in [5.74, 6) is 0. The van der Waals surface area contributed by atoms with Crippen LogP contribution in [0.3, 0.4) is 0 Å². The first kappa shape index (κ1) is 13.6. The molecule has 0 fully saturated rings. The van der Waals surface area contributed by atoms with Crippen LogP contribution in [0.5, 0.6) is 0 Å². The number of nitrogens with zero attached hydrogens (tertiary/aromatic N) is 4. The Labute approximate surface area is 120 Å². The maximum absolute atomic E-state index is 11.8. The zero-order valence-corrected chi connectivity index (χ0v) is 11.6. The standard InChI is InChI=1S/C10H6BrClN4O3/c11-8-3-7(16(18)19)5-15(9(8)17)4-6-1-2-13-10(12)14-6/h1-3,5H,4H2. The second kappa shape index (κ2) is 5.45. The van der Waals surface area contributed by atoms with Gasteiger partial charge in [-0.25, -0.2) is 9.97 Å². The van der Waals surface area contributed by atoms with Gasteiger partial charge < -0.3 is 4.57 Å². The monoisotopic (exact) mass is 344 g/mol. The van der Waals surface area contributed by atoms with Crippen LogP contribution in [0.2, 0.25) is 5.28 Å². The third-order valence-electron chi connectivity index (χ3n) is 2.25. The van der Waals surface area contributed by atoms with Gasteiger partial charge in [0.1, 0.15) is 0 Å². The van der Waals surface area contributed by atoms with Gasteiger partial charge in [0.2, 0.25) is 5.28 Å². The Morgan fingerprint density at radius 1 is 1.53 bits per heavy atom. The van der Waals surface area contributed by atoms with Crippen molar-refractivity contribution in [1.82, 2.24) is 14.5 Å². The van der Waals surface area contributed by atoms with Crippen LogP contribution >= 0.6 is 27.5 Å². The van der Waals surface area contributed by atoms with E-state index < -0.39 is 4.92 Å². The van der Waals surface area contributed by atoms with Gasteiger partial charge in [-0.15, -0.1) is 0 Å². The van der Waals surface area contributed by atoms with Crippen LogP contribution in [0, 0.1) is 10.1 Å². The van der Waals surface area contributed by atoms with Crippen LogP contribution in [0.25, 0.3) is 0 Å². The molecule has 0 unspecified atom stereocenters. The van der Waals surface area contributed by atoms with Crippen molar-refractivity contribution in [2.75, 3.05) is 0 Å². The van der Waals surface area contributed by atoms with Gasteiger partial charge >= 0.3 is 0 Å². The van der Waals surface area contributed by atoms with Gasteiger partial charge in [0.25, 0.3) is 11.2 Å². The van der Waals surface area contributed by atoms with Gasteiger partial charge in [0, 0.05) is 12.3 Å². The van der Waals surface area contributed by atoms with Gasteiger partial charge in [0.05, 0.1) is 27.8 Å². The Kier molecular flexibility index (Phi) is 3.91. The Hall–Kier alpha value is -1.80. The van der Waals surface area contributed by atoms with E-state index in [0.717, 1.165) is 12.3 Å². The summed E-state index contributed by atoms with van der Waals surface area (Å²) in [5, 5.41) is 10.8. The lowest BCUT2D eigenvalue weighted by Gasteiger charge is -2.05. The Balaban J connectivity index is 2.45. The largest absolute Gasteiger partial charge is 0.302 e. The molecule has 19 heavy (non-hydrogen) atoms. The molecule has 0 aliphatic rings. The molecule has 0 amide bonds. The number of hydrogen-bond donors (Lipinski definition) is 0. The molecule has 7 nitrogen and oxygen atoms in total. The quantitative estimate of drug-likeness (QED) is 0.482. The number of aromatic nitrogens is 3. The third-order valence-corrected chi connectivity index (χ3v) is 3.01. The normalized spacial score (nSPS) is 10.4. The average molecular weight is 346 g/mol. The van der Waals surface area contributed by atoms with Crippen molar-refractivity contribution in [3.8, 4) is 0 Å². The Morgan fingerprint density at radius 2 is 2.26 bits per heavy atom. The lowest BCUT2D eigenvalue weighted by atomic mass is 10.3. The smallest absolute Gasteiger partial charge is 0.286 e. The molecule has 0 saturated carbocycles. The molecule has 0 spiro atoms. The predicted molar refractivity (Wildman–Crippen MR) is 71.2 cm³/mol. The molecular weight excluding hydrogens is 339 g/mol. The summed E-state index contributed by atoms with van der Waals surface area (Å²) < 4.78 is 1.29. The first-order valence-corrected chi connectivity index (χ1v) is 6.16. The fraction of sp³-hybridized carbons (Fsp3) is 0.100. The minimum Gasteiger partial charge on any atom is -0.302 e. The molecule has 2 aromatic rings. The van der Waals surface area contributed by atoms with Crippen LogP contribution in [-0.2, 0) is 6.54 Å². The van der Waals surface area contributed by atoms with Crippen LogP contribution in [0.4, 0.5) is 5.69 Å². The predicted octanol–water partition coefficient (Wildman–Crippen LogP) is 2.01. The van der Waals surface area contributed by atoms with Gasteiger partial charge in [-0.1, -0.05) is 0 Å². The molecule has 2 heterocycles. The van der Waals surface area contributed by atoms with E-state index >= 15 is 0 Å². The first-order valence-electron chi connectivity index (χ1n) is 4.99. The molecule has 0 aliphatic carbocycles. The van der Waals surface area contributed by atoms with E-state index in [2.05, 4.69) is 25.9 Å². The fourth-order valence-corrected chi connectivity index (χ4v) is 2.06. The van der Waals surface area contributed by atoms with Gasteiger partial charge in [-0.2, -0.15) is 0 Å². The highest BCUT2D eigenvalue weighted by molar-refractivity contribution is 9.10. The van der Waals surface area contributed by atoms with Crippen LogP contribution in [0.1, 0.15) is 5.69 Å². The molecule has 2 aromatic heterocycles. The van der Waals surface area contributed by atoms with Crippen LogP contribution < -0.4 is 5.56 Å². The van der Waals surface area contributed by atoms with E-state index in [1.165, 1.54) is 10.8 Å². The van der Waals surface area contributed by atoms with Crippen molar-refractivity contribution in [2.24, 2.45) is 0 Å². The lowest BCUT2D eigenvalue weighted by Crippen LogP contribution is -2.21. The minimum atomic E-state index is -0.576. The zero-order chi connectivity index (χ0) is 14.0. The van der Waals surface area contributed by atoms with Crippen LogP contribution in [-0.4, -0.2) is 19.5 Å². The molecule has 0 N–H and O–H groups in total. The molecule has 0 aromatic carbocycles. The van der Waals surface area contributed by atoms with Gasteiger partial charge in [-0.3, -0.25) is 14.9 Å². The molecule has 0 radical (unpaired) electrons. The maximum Gasteiger partial charge on any atom is 0.286 e. The number of nitro groups is 1. The van der Waals surface area contributed by atoms with Crippen molar-refractivity contribution in [3.05, 3.63) is 60.4 Å². The van der Waals surface area contributed by atoms with E-state index in [-0.39, 0.29) is 27.5 Å². The van der Waals surface area contributed by atoms with Gasteiger partial charge in [0.15, 0.2) is 0 Å². The van der Waals surface area contributed by atoms with E-state index in [9.17, 15) is 14.9 Å². The summed E-state index contributed by atoms with van der Waals surface area (Å²) in [7, 11) is 0. The van der Waals surface area contributed by atoms with Gasteiger partial charge in [-0.05, 0) is 33.6 Å². The zero-order valence-electron chi connectivity index (χ0n) is 9.29. The van der Waals surface area contributed by atoms with Crippen molar-refractivity contribution < 1.29 is 4.92 Å². The molecule has 0 aliphatic heterocycles. The fourth-order valence-electron chi connectivity index (χ4n) is 1.43. The summed E-state index contributed by atoms with van der Waals surface area (Å²) in [4.78, 5) is 29.7.